The van der Waals surface area contributed by atoms with Crippen molar-refractivity contribution in [3.8, 4) is 0 Å². The first-order chi connectivity index (χ1) is 13.9. The molecule has 29 heavy (non-hydrogen) atoms. The standard InChI is InChI=1S/C20H16Cl2F2N4O/c1-2-28-13(7-11-3-4-12(21)8-14(11)22)9-27(20(28)29)10-17-25-16-6-5-15(23)18(24)19(16)26-17/h3-6,8-9H,2,7,10H2,1H3,(H,25,26). The first kappa shape index (κ1) is 19.7. The van der Waals surface area contributed by atoms with Crippen LogP contribution in [0.25, 0.3) is 11.0 Å². The van der Waals surface area contributed by atoms with E-state index in [0.717, 1.165) is 17.3 Å². The first-order valence-corrected chi connectivity index (χ1v) is 9.68. The van der Waals surface area contributed by atoms with Gasteiger partial charge in [-0.2, -0.15) is 0 Å². The lowest BCUT2D eigenvalue weighted by atomic mass is 10.1. The molecule has 0 saturated carbocycles. The zero-order chi connectivity index (χ0) is 20.7. The minimum Gasteiger partial charge on any atom is -0.340 e. The number of hydrogen-bond acceptors (Lipinski definition) is 2. The predicted molar refractivity (Wildman–Crippen MR) is 109 cm³/mol. The van der Waals surface area contributed by atoms with Crippen LogP contribution in [0.15, 0.2) is 41.3 Å². The molecule has 2 aromatic carbocycles. The summed E-state index contributed by atoms with van der Waals surface area (Å²) in [4.78, 5) is 19.8. The maximum Gasteiger partial charge on any atom is 0.328 e. The second kappa shape index (κ2) is 7.65. The van der Waals surface area contributed by atoms with Gasteiger partial charge in [0.05, 0.1) is 12.1 Å². The van der Waals surface area contributed by atoms with Crippen LogP contribution in [-0.4, -0.2) is 19.1 Å². The third-order valence-corrected chi connectivity index (χ3v) is 5.33. The third-order valence-electron chi connectivity index (χ3n) is 4.75. The molecule has 9 heteroatoms. The molecule has 0 aliphatic carbocycles. The summed E-state index contributed by atoms with van der Waals surface area (Å²) in [5, 5.41) is 1.06. The van der Waals surface area contributed by atoms with Gasteiger partial charge in [-0.15, -0.1) is 0 Å². The van der Waals surface area contributed by atoms with Crippen molar-refractivity contribution in [3.63, 3.8) is 0 Å². The van der Waals surface area contributed by atoms with Gasteiger partial charge in [0.2, 0.25) is 0 Å². The molecule has 150 valence electrons. The summed E-state index contributed by atoms with van der Waals surface area (Å²) in [5.41, 5.74) is 1.68. The van der Waals surface area contributed by atoms with Gasteiger partial charge in [0.25, 0.3) is 0 Å². The third kappa shape index (κ3) is 3.68. The van der Waals surface area contributed by atoms with E-state index in [0.29, 0.717) is 34.4 Å². The lowest BCUT2D eigenvalue weighted by Crippen LogP contribution is -2.25. The molecule has 1 N–H and O–H groups in total. The molecule has 0 aliphatic rings. The maximum atomic E-state index is 13.9. The van der Waals surface area contributed by atoms with Crippen molar-refractivity contribution in [1.29, 1.82) is 0 Å². The number of aromatic amines is 1. The van der Waals surface area contributed by atoms with E-state index in [9.17, 15) is 13.6 Å². The largest absolute Gasteiger partial charge is 0.340 e. The molecular formula is C20H16Cl2F2N4O. The molecule has 0 fully saturated rings. The van der Waals surface area contributed by atoms with Crippen molar-refractivity contribution in [2.45, 2.75) is 26.4 Å². The van der Waals surface area contributed by atoms with Gasteiger partial charge >= 0.3 is 5.69 Å². The number of imidazole rings is 2. The number of rotatable bonds is 5. The fourth-order valence-electron chi connectivity index (χ4n) is 3.34. The van der Waals surface area contributed by atoms with E-state index in [-0.39, 0.29) is 17.8 Å². The van der Waals surface area contributed by atoms with E-state index in [2.05, 4.69) is 9.97 Å². The van der Waals surface area contributed by atoms with Crippen LogP contribution in [0.1, 0.15) is 24.0 Å². The van der Waals surface area contributed by atoms with Gasteiger partial charge in [-0.1, -0.05) is 29.3 Å². The van der Waals surface area contributed by atoms with Gasteiger partial charge in [-0.05, 0) is 36.8 Å². The molecule has 4 aromatic rings. The Bertz CT molecular complexity index is 1280. The summed E-state index contributed by atoms with van der Waals surface area (Å²) in [7, 11) is 0. The summed E-state index contributed by atoms with van der Waals surface area (Å²) >= 11 is 12.2. The predicted octanol–water partition coefficient (Wildman–Crippen LogP) is 4.77. The number of benzene rings is 2. The Morgan fingerprint density at radius 2 is 1.97 bits per heavy atom. The zero-order valence-corrected chi connectivity index (χ0v) is 16.9. The van der Waals surface area contributed by atoms with E-state index < -0.39 is 11.6 Å². The number of nitrogens with zero attached hydrogens (tertiary/aromatic N) is 3. The number of fused-ring (bicyclic) bond motifs is 1. The smallest absolute Gasteiger partial charge is 0.328 e. The highest BCUT2D eigenvalue weighted by atomic mass is 35.5. The van der Waals surface area contributed by atoms with E-state index in [1.165, 1.54) is 10.6 Å². The number of aromatic nitrogens is 4. The van der Waals surface area contributed by atoms with Gasteiger partial charge in [0, 0.05) is 34.9 Å². The molecule has 0 bridgehead atoms. The molecule has 0 spiro atoms. The fourth-order valence-corrected chi connectivity index (χ4v) is 3.82. The van der Waals surface area contributed by atoms with Gasteiger partial charge in [0.1, 0.15) is 11.3 Å². The van der Waals surface area contributed by atoms with Crippen molar-refractivity contribution in [3.05, 3.63) is 85.8 Å². The fraction of sp³-hybridized carbons (Fsp3) is 0.200. The molecule has 0 atom stereocenters. The van der Waals surface area contributed by atoms with Crippen LogP contribution in [0.4, 0.5) is 8.78 Å². The molecule has 2 heterocycles. The first-order valence-electron chi connectivity index (χ1n) is 8.92. The summed E-state index contributed by atoms with van der Waals surface area (Å²) in [6.45, 7) is 2.45. The van der Waals surface area contributed by atoms with Crippen molar-refractivity contribution < 1.29 is 8.78 Å². The van der Waals surface area contributed by atoms with Gasteiger partial charge < -0.3 is 4.98 Å². The highest BCUT2D eigenvalue weighted by Gasteiger charge is 2.16. The Kier molecular flexibility index (Phi) is 5.19. The van der Waals surface area contributed by atoms with Crippen LogP contribution in [-0.2, 0) is 19.5 Å². The van der Waals surface area contributed by atoms with Crippen LogP contribution >= 0.6 is 23.2 Å². The van der Waals surface area contributed by atoms with Crippen molar-refractivity contribution >= 4 is 34.2 Å². The minimum absolute atomic E-state index is 0.0869. The maximum absolute atomic E-state index is 13.9. The van der Waals surface area contributed by atoms with Crippen molar-refractivity contribution in [2.75, 3.05) is 0 Å². The van der Waals surface area contributed by atoms with E-state index in [1.807, 2.05) is 13.0 Å². The molecule has 0 saturated heterocycles. The second-order valence-corrected chi connectivity index (χ2v) is 7.47. The number of nitrogens with one attached hydrogen (secondary N) is 1. The highest BCUT2D eigenvalue weighted by molar-refractivity contribution is 6.35. The molecular weight excluding hydrogens is 421 g/mol. The normalized spacial score (nSPS) is 11.5. The van der Waals surface area contributed by atoms with Crippen LogP contribution in [0.2, 0.25) is 10.0 Å². The number of halogens is 4. The van der Waals surface area contributed by atoms with Crippen molar-refractivity contribution in [2.24, 2.45) is 0 Å². The Morgan fingerprint density at radius 1 is 1.17 bits per heavy atom. The zero-order valence-electron chi connectivity index (χ0n) is 15.3. The lowest BCUT2D eigenvalue weighted by Gasteiger charge is -2.06. The molecule has 0 unspecified atom stereocenters. The Morgan fingerprint density at radius 3 is 2.69 bits per heavy atom. The molecule has 0 aliphatic heterocycles. The molecule has 2 aromatic heterocycles. The lowest BCUT2D eigenvalue weighted by molar-refractivity contribution is 0.515. The van der Waals surface area contributed by atoms with E-state index >= 15 is 0 Å². The summed E-state index contributed by atoms with van der Waals surface area (Å²) in [6, 6.07) is 7.68. The monoisotopic (exact) mass is 436 g/mol. The Balaban J connectivity index is 1.68. The highest BCUT2D eigenvalue weighted by Crippen LogP contribution is 2.23. The molecule has 0 radical (unpaired) electrons. The molecule has 5 nitrogen and oxygen atoms in total. The Labute approximate surface area is 174 Å². The summed E-state index contributed by atoms with van der Waals surface area (Å²) in [6.07, 6.45) is 2.17. The SMILES string of the molecule is CCn1c(Cc2ccc(Cl)cc2Cl)cn(Cc2nc3c(F)c(F)ccc3[nH]2)c1=O. The molecule has 0 amide bonds. The topological polar surface area (TPSA) is 55.6 Å². The average molecular weight is 437 g/mol. The van der Waals surface area contributed by atoms with Gasteiger partial charge in [-0.3, -0.25) is 9.13 Å². The average Bonchev–Trinajstić information content (AvgIpc) is 3.22. The quantitative estimate of drug-likeness (QED) is 0.489. The van der Waals surface area contributed by atoms with Gasteiger partial charge in [-0.25, -0.2) is 18.6 Å². The summed E-state index contributed by atoms with van der Waals surface area (Å²) < 4.78 is 30.4. The van der Waals surface area contributed by atoms with Crippen molar-refractivity contribution in [1.82, 2.24) is 19.1 Å². The van der Waals surface area contributed by atoms with Crippen LogP contribution in [0, 0.1) is 11.6 Å². The van der Waals surface area contributed by atoms with E-state index in [1.54, 1.807) is 22.9 Å². The van der Waals surface area contributed by atoms with Gasteiger partial charge in [0.15, 0.2) is 11.6 Å². The minimum atomic E-state index is -1.01. The van der Waals surface area contributed by atoms with E-state index in [4.69, 9.17) is 23.2 Å². The van der Waals surface area contributed by atoms with Crippen LogP contribution < -0.4 is 5.69 Å². The molecule has 4 rings (SSSR count). The Hall–Kier alpha value is -2.64. The van der Waals surface area contributed by atoms with Crippen LogP contribution in [0.3, 0.4) is 0 Å². The number of hydrogen-bond donors (Lipinski definition) is 1. The number of H-pyrrole nitrogens is 1. The summed E-state index contributed by atoms with van der Waals surface area (Å²) in [5.74, 6) is -1.62. The second-order valence-electron chi connectivity index (χ2n) is 6.63. The van der Waals surface area contributed by atoms with Crippen LogP contribution in [0.5, 0.6) is 0 Å².